The number of aliphatic carboxylic acids is 1. The Labute approximate surface area is 100.0 Å². The number of nitrogens with one attached hydrogen (secondary N) is 1. The van der Waals surface area contributed by atoms with Crippen LogP contribution in [0.3, 0.4) is 0 Å². The first-order valence-electron chi connectivity index (χ1n) is 5.32. The van der Waals surface area contributed by atoms with Crippen molar-refractivity contribution in [2.45, 2.75) is 26.3 Å². The van der Waals surface area contributed by atoms with E-state index in [9.17, 15) is 14.4 Å². The topological polar surface area (TPSA) is 113 Å². The van der Waals surface area contributed by atoms with Crippen LogP contribution in [0, 0.1) is 5.92 Å². The molecule has 0 radical (unpaired) electrons. The summed E-state index contributed by atoms with van der Waals surface area (Å²) in [6, 6.07) is -1.60. The predicted octanol–water partition coefficient (Wildman–Crippen LogP) is -0.388. The van der Waals surface area contributed by atoms with E-state index in [2.05, 4.69) is 5.32 Å². The normalized spacial score (nSPS) is 13.6. The van der Waals surface area contributed by atoms with Crippen molar-refractivity contribution in [3.05, 3.63) is 0 Å². The Morgan fingerprint density at radius 1 is 1.41 bits per heavy atom. The lowest BCUT2D eigenvalue weighted by Crippen LogP contribution is -2.50. The minimum Gasteiger partial charge on any atom is -0.480 e. The molecule has 0 aliphatic rings. The van der Waals surface area contributed by atoms with Crippen LogP contribution in [0.4, 0.5) is 4.79 Å². The van der Waals surface area contributed by atoms with Gasteiger partial charge >= 0.3 is 12.0 Å². The van der Waals surface area contributed by atoms with Crippen LogP contribution >= 0.6 is 0 Å². The fraction of sp³-hybridized carbons (Fsp3) is 0.700. The van der Waals surface area contributed by atoms with E-state index < -0.39 is 23.9 Å². The molecule has 3 amide bonds. The first kappa shape index (κ1) is 15.2. The maximum absolute atomic E-state index is 11.6. The zero-order valence-electron chi connectivity index (χ0n) is 10.3. The monoisotopic (exact) mass is 245 g/mol. The Morgan fingerprint density at radius 3 is 2.29 bits per heavy atom. The Kier molecular flexibility index (Phi) is 6.01. The van der Waals surface area contributed by atoms with Crippen LogP contribution in [0.1, 0.15) is 20.3 Å². The van der Waals surface area contributed by atoms with Gasteiger partial charge in [-0.05, 0) is 5.92 Å². The number of primary amides is 1. The molecule has 17 heavy (non-hydrogen) atoms. The molecule has 98 valence electrons. The smallest absolute Gasteiger partial charge is 0.326 e. The quantitative estimate of drug-likeness (QED) is 0.591. The van der Waals surface area contributed by atoms with Gasteiger partial charge in [-0.3, -0.25) is 4.79 Å². The summed E-state index contributed by atoms with van der Waals surface area (Å²) >= 11 is 0. The van der Waals surface area contributed by atoms with Crippen LogP contribution in [-0.2, 0) is 9.59 Å². The van der Waals surface area contributed by atoms with Gasteiger partial charge in [-0.25, -0.2) is 9.59 Å². The second kappa shape index (κ2) is 6.72. The summed E-state index contributed by atoms with van der Waals surface area (Å²) in [7, 11) is 1.37. The summed E-state index contributed by atoms with van der Waals surface area (Å²) in [5.74, 6) is -1.95. The van der Waals surface area contributed by atoms with Crippen molar-refractivity contribution >= 4 is 17.9 Å². The second-order valence-electron chi connectivity index (χ2n) is 3.97. The van der Waals surface area contributed by atoms with Crippen LogP contribution in [0.15, 0.2) is 0 Å². The molecule has 0 aliphatic heterocycles. The van der Waals surface area contributed by atoms with E-state index in [-0.39, 0.29) is 12.5 Å². The molecule has 0 spiro atoms. The van der Waals surface area contributed by atoms with Gasteiger partial charge in [-0.2, -0.15) is 0 Å². The molecule has 0 rings (SSSR count). The SMILES string of the molecule is CC[C@H](C)[C@H](NC(=O)N(C)CC(N)=O)C(=O)O. The summed E-state index contributed by atoms with van der Waals surface area (Å²) in [6.45, 7) is 3.31. The van der Waals surface area contributed by atoms with Gasteiger partial charge < -0.3 is 21.1 Å². The number of urea groups is 1. The number of rotatable bonds is 6. The zero-order valence-corrected chi connectivity index (χ0v) is 10.3. The lowest BCUT2D eigenvalue weighted by atomic mass is 9.99. The highest BCUT2D eigenvalue weighted by atomic mass is 16.4. The van der Waals surface area contributed by atoms with E-state index in [1.807, 2.05) is 6.92 Å². The van der Waals surface area contributed by atoms with Gasteiger partial charge in [-0.1, -0.05) is 20.3 Å². The molecule has 7 heteroatoms. The van der Waals surface area contributed by atoms with Gasteiger partial charge in [0, 0.05) is 7.05 Å². The fourth-order valence-electron chi connectivity index (χ4n) is 1.23. The highest BCUT2D eigenvalue weighted by Gasteiger charge is 2.26. The molecule has 0 fully saturated rings. The van der Waals surface area contributed by atoms with E-state index >= 15 is 0 Å². The summed E-state index contributed by atoms with van der Waals surface area (Å²) in [5.41, 5.74) is 4.93. The molecular formula is C10H19N3O4. The minimum absolute atomic E-state index is 0.196. The predicted molar refractivity (Wildman–Crippen MR) is 61.2 cm³/mol. The van der Waals surface area contributed by atoms with E-state index in [1.165, 1.54) is 7.05 Å². The van der Waals surface area contributed by atoms with E-state index in [0.29, 0.717) is 6.42 Å². The number of hydrogen-bond acceptors (Lipinski definition) is 3. The average Bonchev–Trinajstić information content (AvgIpc) is 2.22. The molecule has 0 aliphatic carbocycles. The maximum atomic E-state index is 11.6. The van der Waals surface area contributed by atoms with Gasteiger partial charge in [0.1, 0.15) is 12.6 Å². The number of amides is 3. The van der Waals surface area contributed by atoms with Crippen molar-refractivity contribution in [2.24, 2.45) is 11.7 Å². The maximum Gasteiger partial charge on any atom is 0.326 e. The van der Waals surface area contributed by atoms with E-state index in [1.54, 1.807) is 6.92 Å². The molecule has 0 aromatic carbocycles. The van der Waals surface area contributed by atoms with E-state index in [4.69, 9.17) is 10.8 Å². The highest BCUT2D eigenvalue weighted by Crippen LogP contribution is 2.08. The molecule has 0 aromatic rings. The Hall–Kier alpha value is -1.79. The van der Waals surface area contributed by atoms with Crippen LogP contribution in [0.2, 0.25) is 0 Å². The van der Waals surface area contributed by atoms with Crippen LogP contribution < -0.4 is 11.1 Å². The molecule has 0 saturated carbocycles. The van der Waals surface area contributed by atoms with Crippen molar-refractivity contribution < 1.29 is 19.5 Å². The molecule has 7 nitrogen and oxygen atoms in total. The standard InChI is InChI=1S/C10H19N3O4/c1-4-6(2)8(9(15)16)12-10(17)13(3)5-7(11)14/h6,8H,4-5H2,1-3H3,(H2,11,14)(H,12,17)(H,15,16)/t6-,8-/m0/s1. The zero-order chi connectivity index (χ0) is 13.6. The highest BCUT2D eigenvalue weighted by molar-refractivity contribution is 5.86. The molecule has 0 heterocycles. The molecule has 0 unspecified atom stereocenters. The average molecular weight is 245 g/mol. The first-order valence-corrected chi connectivity index (χ1v) is 5.32. The first-order chi connectivity index (χ1) is 7.79. The second-order valence-corrected chi connectivity index (χ2v) is 3.97. The summed E-state index contributed by atoms with van der Waals surface area (Å²) in [4.78, 5) is 34.2. The molecule has 2 atom stereocenters. The van der Waals surface area contributed by atoms with Crippen molar-refractivity contribution in [3.8, 4) is 0 Å². The number of hydrogen-bond donors (Lipinski definition) is 3. The molecule has 0 bridgehead atoms. The third-order valence-electron chi connectivity index (χ3n) is 2.50. The number of nitrogens with zero attached hydrogens (tertiary/aromatic N) is 1. The van der Waals surface area contributed by atoms with Crippen molar-refractivity contribution in [1.29, 1.82) is 0 Å². The van der Waals surface area contributed by atoms with Crippen molar-refractivity contribution in [1.82, 2.24) is 10.2 Å². The lowest BCUT2D eigenvalue weighted by Gasteiger charge is -2.23. The number of carboxylic acid groups (broad SMARTS) is 1. The van der Waals surface area contributed by atoms with Gasteiger partial charge in [0.15, 0.2) is 0 Å². The molecule has 0 aromatic heterocycles. The fourth-order valence-corrected chi connectivity index (χ4v) is 1.23. The van der Waals surface area contributed by atoms with Gasteiger partial charge in [0.2, 0.25) is 5.91 Å². The van der Waals surface area contributed by atoms with Crippen LogP contribution in [-0.4, -0.2) is 47.5 Å². The van der Waals surface area contributed by atoms with E-state index in [0.717, 1.165) is 4.90 Å². The molecule has 4 N–H and O–H groups in total. The summed E-state index contributed by atoms with van der Waals surface area (Å²) < 4.78 is 0. The number of carbonyl (C=O) groups is 3. The molecular weight excluding hydrogens is 226 g/mol. The molecule has 0 saturated heterocycles. The Balaban J connectivity index is 4.50. The lowest BCUT2D eigenvalue weighted by molar-refractivity contribution is -0.140. The number of likely N-dealkylation sites (N-methyl/N-ethyl adjacent to an activating group) is 1. The third-order valence-corrected chi connectivity index (χ3v) is 2.50. The van der Waals surface area contributed by atoms with Crippen LogP contribution in [0.25, 0.3) is 0 Å². The van der Waals surface area contributed by atoms with Gasteiger partial charge in [0.05, 0.1) is 0 Å². The number of carbonyl (C=O) groups excluding carboxylic acids is 2. The summed E-state index contributed by atoms with van der Waals surface area (Å²) in [6.07, 6.45) is 0.622. The van der Waals surface area contributed by atoms with Gasteiger partial charge in [0.25, 0.3) is 0 Å². The summed E-state index contributed by atoms with van der Waals surface area (Å²) in [5, 5.41) is 11.3. The number of nitrogens with two attached hydrogens (primary N) is 1. The van der Waals surface area contributed by atoms with Crippen LogP contribution in [0.5, 0.6) is 0 Å². The van der Waals surface area contributed by atoms with Crippen molar-refractivity contribution in [2.75, 3.05) is 13.6 Å². The number of carboxylic acids is 1. The van der Waals surface area contributed by atoms with Crippen molar-refractivity contribution in [3.63, 3.8) is 0 Å². The Bertz CT molecular complexity index is 306. The Morgan fingerprint density at radius 2 is 1.94 bits per heavy atom. The van der Waals surface area contributed by atoms with Gasteiger partial charge in [-0.15, -0.1) is 0 Å². The largest absolute Gasteiger partial charge is 0.480 e. The third kappa shape index (κ3) is 5.19. The minimum atomic E-state index is -1.10.